The zero-order valence-corrected chi connectivity index (χ0v) is 31.6. The van der Waals surface area contributed by atoms with Crippen LogP contribution in [0.5, 0.6) is 0 Å². The fraction of sp³-hybridized carbons (Fsp3) is 0. The minimum Gasteiger partial charge on any atom is -0.208 e. The number of thiophene rings is 1. The average Bonchev–Trinajstić information content (AvgIpc) is 3.68. The number of rotatable bonds is 6. The third-order valence-electron chi connectivity index (χ3n) is 10.9. The SMILES string of the molecule is c1ccc(-c2ccc(-c3nc(-c4ccccc4)nc(-c4cccc5c4sc4cc(-c6ccc(-c7ccc8ccccc8c7)cc6)c6ccccc6c45)n3)cc2)cc1. The van der Waals surface area contributed by atoms with Gasteiger partial charge in [-0.15, -0.1) is 11.3 Å². The van der Waals surface area contributed by atoms with Crippen molar-refractivity contribution in [1.29, 1.82) is 0 Å². The molecule has 11 aromatic rings. The van der Waals surface area contributed by atoms with Gasteiger partial charge in [0.1, 0.15) is 0 Å². The van der Waals surface area contributed by atoms with Gasteiger partial charge in [-0.1, -0.05) is 182 Å². The fourth-order valence-electron chi connectivity index (χ4n) is 8.07. The minimum atomic E-state index is 0.649. The lowest BCUT2D eigenvalue weighted by Crippen LogP contribution is -2.00. The first-order valence-corrected chi connectivity index (χ1v) is 20.0. The van der Waals surface area contributed by atoms with Gasteiger partial charge in [-0.3, -0.25) is 0 Å². The summed E-state index contributed by atoms with van der Waals surface area (Å²) in [6, 6.07) is 71.1. The first kappa shape index (κ1) is 33.1. The molecule has 0 spiro atoms. The fourth-order valence-corrected chi connectivity index (χ4v) is 9.34. The van der Waals surface area contributed by atoms with Crippen LogP contribution in [0.2, 0.25) is 0 Å². The van der Waals surface area contributed by atoms with E-state index in [-0.39, 0.29) is 0 Å². The lowest BCUT2D eigenvalue weighted by molar-refractivity contribution is 1.08. The molecule has 0 fully saturated rings. The van der Waals surface area contributed by atoms with E-state index in [9.17, 15) is 0 Å². The Morgan fingerprint density at radius 2 is 0.807 bits per heavy atom. The van der Waals surface area contributed by atoms with Gasteiger partial charge >= 0.3 is 0 Å². The molecule has 266 valence electrons. The third-order valence-corrected chi connectivity index (χ3v) is 12.1. The molecule has 57 heavy (non-hydrogen) atoms. The van der Waals surface area contributed by atoms with Crippen molar-refractivity contribution in [2.45, 2.75) is 0 Å². The summed E-state index contributed by atoms with van der Waals surface area (Å²) >= 11 is 1.81. The molecule has 0 atom stereocenters. The van der Waals surface area contributed by atoms with Gasteiger partial charge in [0.15, 0.2) is 17.5 Å². The van der Waals surface area contributed by atoms with Crippen LogP contribution in [0.1, 0.15) is 0 Å². The third kappa shape index (κ3) is 5.95. The maximum Gasteiger partial charge on any atom is 0.165 e. The van der Waals surface area contributed by atoms with E-state index in [0.717, 1.165) is 27.0 Å². The van der Waals surface area contributed by atoms with Crippen molar-refractivity contribution in [2.24, 2.45) is 0 Å². The van der Waals surface area contributed by atoms with Gasteiger partial charge in [-0.05, 0) is 73.1 Å². The van der Waals surface area contributed by atoms with Crippen molar-refractivity contribution in [2.75, 3.05) is 0 Å². The number of aromatic nitrogens is 3. The monoisotopic (exact) mass is 743 g/mol. The number of fused-ring (bicyclic) bond motifs is 6. The van der Waals surface area contributed by atoms with Crippen molar-refractivity contribution >= 4 is 53.1 Å². The molecule has 0 amide bonds. The molecule has 11 rings (SSSR count). The molecule has 9 aromatic carbocycles. The van der Waals surface area contributed by atoms with Crippen LogP contribution in [0.4, 0.5) is 0 Å². The van der Waals surface area contributed by atoms with E-state index in [1.807, 2.05) is 35.6 Å². The molecule has 0 radical (unpaired) electrons. The summed E-state index contributed by atoms with van der Waals surface area (Å²) in [6.45, 7) is 0. The topological polar surface area (TPSA) is 38.7 Å². The Kier molecular flexibility index (Phi) is 8.01. The highest BCUT2D eigenvalue weighted by molar-refractivity contribution is 7.26. The van der Waals surface area contributed by atoms with E-state index in [1.165, 1.54) is 64.8 Å². The van der Waals surface area contributed by atoms with Crippen molar-refractivity contribution in [3.63, 3.8) is 0 Å². The highest BCUT2D eigenvalue weighted by Crippen LogP contribution is 2.45. The Bertz CT molecular complexity index is 3260. The van der Waals surface area contributed by atoms with Crippen LogP contribution in [0.25, 0.3) is 109 Å². The van der Waals surface area contributed by atoms with E-state index in [2.05, 4.69) is 176 Å². The van der Waals surface area contributed by atoms with Gasteiger partial charge in [0.25, 0.3) is 0 Å². The van der Waals surface area contributed by atoms with Gasteiger partial charge < -0.3 is 0 Å². The van der Waals surface area contributed by atoms with E-state index in [1.54, 1.807) is 0 Å². The van der Waals surface area contributed by atoms with Crippen molar-refractivity contribution in [1.82, 2.24) is 15.0 Å². The smallest absolute Gasteiger partial charge is 0.165 e. The second-order valence-electron chi connectivity index (χ2n) is 14.4. The number of benzene rings is 9. The number of hydrogen-bond acceptors (Lipinski definition) is 4. The zero-order valence-electron chi connectivity index (χ0n) is 30.8. The predicted octanol–water partition coefficient (Wildman–Crippen LogP) is 14.5. The molecular weight excluding hydrogens is 711 g/mol. The van der Waals surface area contributed by atoms with Crippen LogP contribution in [-0.2, 0) is 0 Å². The van der Waals surface area contributed by atoms with Crippen LogP contribution < -0.4 is 0 Å². The summed E-state index contributed by atoms with van der Waals surface area (Å²) in [4.78, 5) is 15.4. The highest BCUT2D eigenvalue weighted by Gasteiger charge is 2.19. The Morgan fingerprint density at radius 1 is 0.298 bits per heavy atom. The maximum atomic E-state index is 5.18. The van der Waals surface area contributed by atoms with Crippen molar-refractivity contribution in [3.8, 4) is 67.5 Å². The molecule has 0 N–H and O–H groups in total. The zero-order chi connectivity index (χ0) is 37.7. The quantitative estimate of drug-likeness (QED) is 0.170. The van der Waals surface area contributed by atoms with Crippen LogP contribution in [-0.4, -0.2) is 15.0 Å². The Hall–Kier alpha value is -7.27. The van der Waals surface area contributed by atoms with Crippen LogP contribution in [0, 0.1) is 0 Å². The van der Waals surface area contributed by atoms with Gasteiger partial charge in [0.2, 0.25) is 0 Å². The summed E-state index contributed by atoms with van der Waals surface area (Å²) < 4.78 is 2.40. The number of hydrogen-bond donors (Lipinski definition) is 0. The molecule has 2 heterocycles. The van der Waals surface area contributed by atoms with E-state index >= 15 is 0 Å². The second kappa shape index (κ2) is 13.8. The summed E-state index contributed by atoms with van der Waals surface area (Å²) in [7, 11) is 0. The van der Waals surface area contributed by atoms with Crippen LogP contribution >= 0.6 is 11.3 Å². The summed E-state index contributed by atoms with van der Waals surface area (Å²) in [5, 5.41) is 7.45. The predicted molar refractivity (Wildman–Crippen MR) is 240 cm³/mol. The molecular formula is C53H33N3S. The normalized spacial score (nSPS) is 11.5. The standard InChI is InChI=1S/C53H33N3S/c1-3-12-34(13-4-1)36-24-29-40(30-25-36)52-54-51(39-15-5-2-6-16-39)55-53(56-52)46-21-11-20-45-49-44-19-10-9-18-43(44)47(33-48(49)57-50(45)46)38-27-22-37(23-28-38)42-31-26-35-14-7-8-17-41(35)32-42/h1-33H. The Morgan fingerprint density at radius 3 is 1.54 bits per heavy atom. The molecule has 0 saturated heterocycles. The van der Waals surface area contributed by atoms with E-state index < -0.39 is 0 Å². The molecule has 0 aliphatic carbocycles. The molecule has 0 aliphatic heterocycles. The maximum absolute atomic E-state index is 5.18. The van der Waals surface area contributed by atoms with Crippen LogP contribution in [0.3, 0.4) is 0 Å². The van der Waals surface area contributed by atoms with Gasteiger partial charge in [-0.25, -0.2) is 15.0 Å². The first-order valence-electron chi connectivity index (χ1n) is 19.2. The molecule has 0 bridgehead atoms. The molecule has 2 aromatic heterocycles. The van der Waals surface area contributed by atoms with Gasteiger partial charge in [0.05, 0.1) is 0 Å². The molecule has 0 saturated carbocycles. The summed E-state index contributed by atoms with van der Waals surface area (Å²) in [5.74, 6) is 1.97. The Labute approximate surface area is 334 Å². The average molecular weight is 744 g/mol. The molecule has 4 heteroatoms. The number of nitrogens with zero attached hydrogens (tertiary/aromatic N) is 3. The van der Waals surface area contributed by atoms with Gasteiger partial charge in [-0.2, -0.15) is 0 Å². The van der Waals surface area contributed by atoms with Gasteiger partial charge in [0, 0.05) is 36.9 Å². The van der Waals surface area contributed by atoms with Crippen molar-refractivity contribution in [3.05, 3.63) is 200 Å². The summed E-state index contributed by atoms with van der Waals surface area (Å²) in [5.41, 5.74) is 10.1. The van der Waals surface area contributed by atoms with E-state index in [4.69, 9.17) is 15.0 Å². The van der Waals surface area contributed by atoms with Crippen molar-refractivity contribution < 1.29 is 0 Å². The van der Waals surface area contributed by atoms with E-state index in [0.29, 0.717) is 17.5 Å². The first-order chi connectivity index (χ1) is 28.2. The second-order valence-corrected chi connectivity index (χ2v) is 15.4. The largest absolute Gasteiger partial charge is 0.208 e. The lowest BCUT2D eigenvalue weighted by atomic mass is 9.93. The summed E-state index contributed by atoms with van der Waals surface area (Å²) in [6.07, 6.45) is 0. The molecule has 0 unspecified atom stereocenters. The van der Waals surface area contributed by atoms with Crippen LogP contribution in [0.15, 0.2) is 200 Å². The Balaban J connectivity index is 1.04. The highest BCUT2D eigenvalue weighted by atomic mass is 32.1. The molecule has 0 aliphatic rings. The lowest BCUT2D eigenvalue weighted by Gasteiger charge is -2.11. The molecule has 3 nitrogen and oxygen atoms in total. The minimum absolute atomic E-state index is 0.649.